The van der Waals surface area contributed by atoms with Crippen molar-refractivity contribution in [3.8, 4) is 0 Å². The zero-order valence-corrected chi connectivity index (χ0v) is 18.4. The van der Waals surface area contributed by atoms with Crippen LogP contribution in [-0.2, 0) is 9.59 Å². The van der Waals surface area contributed by atoms with Crippen LogP contribution in [0.2, 0.25) is 0 Å². The molecular weight excluding hydrogens is 386 g/mol. The van der Waals surface area contributed by atoms with Gasteiger partial charge in [0.2, 0.25) is 5.91 Å². The monoisotopic (exact) mass is 419 g/mol. The van der Waals surface area contributed by atoms with Gasteiger partial charge in [0.25, 0.3) is 0 Å². The smallest absolute Gasteiger partial charge is 0.243 e. The van der Waals surface area contributed by atoms with Crippen LogP contribution in [-0.4, -0.2) is 29.4 Å². The molecule has 2 N–H and O–H groups in total. The SMILES string of the molecule is CC1=C/C[C@@H](O)CC(=O)/C=C/C=C/C=C/C=C/C=C\[C@H](C)CNC(=O)/C=C/C=C\C=C\1. The number of aliphatic hydroxyl groups is 1. The molecule has 1 aliphatic rings. The van der Waals surface area contributed by atoms with Crippen molar-refractivity contribution in [3.05, 3.63) is 109 Å². The lowest BCUT2D eigenvalue weighted by atomic mass is 10.1. The van der Waals surface area contributed by atoms with Crippen LogP contribution in [0, 0.1) is 5.92 Å². The topological polar surface area (TPSA) is 66.4 Å². The highest BCUT2D eigenvalue weighted by atomic mass is 16.3. The van der Waals surface area contributed by atoms with Crippen LogP contribution in [0.15, 0.2) is 109 Å². The van der Waals surface area contributed by atoms with Gasteiger partial charge in [0.1, 0.15) is 0 Å². The van der Waals surface area contributed by atoms with Crippen LogP contribution in [0.4, 0.5) is 0 Å². The Kier molecular flexibility index (Phi) is 13.8. The maximum absolute atomic E-state index is 11.9. The number of amides is 1. The molecule has 0 bridgehead atoms. The van der Waals surface area contributed by atoms with Crippen LogP contribution in [0.25, 0.3) is 0 Å². The summed E-state index contributed by atoms with van der Waals surface area (Å²) in [6, 6.07) is 0. The van der Waals surface area contributed by atoms with Crippen molar-refractivity contribution in [2.75, 3.05) is 6.54 Å². The van der Waals surface area contributed by atoms with Gasteiger partial charge < -0.3 is 10.4 Å². The van der Waals surface area contributed by atoms with Gasteiger partial charge in [-0.15, -0.1) is 0 Å². The highest BCUT2D eigenvalue weighted by molar-refractivity contribution is 5.90. The minimum atomic E-state index is -0.708. The molecule has 164 valence electrons. The minimum absolute atomic E-state index is 0.0912. The first-order valence-electron chi connectivity index (χ1n) is 10.5. The first-order valence-corrected chi connectivity index (χ1v) is 10.5. The second kappa shape index (κ2) is 16.5. The molecule has 1 aliphatic heterocycles. The fourth-order valence-electron chi connectivity index (χ4n) is 2.44. The number of rotatable bonds is 0. The molecule has 31 heavy (non-hydrogen) atoms. The average Bonchev–Trinajstić information content (AvgIpc) is 2.73. The fraction of sp³-hybridized carbons (Fsp3) is 0.259. The van der Waals surface area contributed by atoms with Gasteiger partial charge in [-0.05, 0) is 25.3 Å². The average molecular weight is 420 g/mol. The Hall–Kier alpha value is -3.24. The molecule has 1 amide bonds. The Morgan fingerprint density at radius 1 is 0.806 bits per heavy atom. The largest absolute Gasteiger partial charge is 0.392 e. The van der Waals surface area contributed by atoms with Crippen molar-refractivity contribution in [2.45, 2.75) is 32.8 Å². The Labute approximate surface area is 186 Å². The predicted molar refractivity (Wildman–Crippen MR) is 129 cm³/mol. The van der Waals surface area contributed by atoms with E-state index in [0.717, 1.165) is 5.57 Å². The molecule has 2 atom stereocenters. The molecule has 4 heteroatoms. The lowest BCUT2D eigenvalue weighted by molar-refractivity contribution is -0.117. The van der Waals surface area contributed by atoms with Crippen LogP contribution in [0.5, 0.6) is 0 Å². The summed E-state index contributed by atoms with van der Waals surface area (Å²) in [4.78, 5) is 23.7. The van der Waals surface area contributed by atoms with Gasteiger partial charge in [0.15, 0.2) is 5.78 Å². The normalized spacial score (nSPS) is 32.4. The number of hydrogen-bond acceptors (Lipinski definition) is 3. The molecule has 0 saturated heterocycles. The van der Waals surface area contributed by atoms with Gasteiger partial charge in [-0.25, -0.2) is 0 Å². The number of ketones is 1. The van der Waals surface area contributed by atoms with Crippen LogP contribution >= 0.6 is 0 Å². The third-order valence-corrected chi connectivity index (χ3v) is 4.19. The lowest BCUT2D eigenvalue weighted by Gasteiger charge is -2.05. The highest BCUT2D eigenvalue weighted by Gasteiger charge is 2.06. The molecule has 0 unspecified atom stereocenters. The number of aliphatic hydroxyl groups excluding tert-OH is 1. The predicted octanol–water partition coefficient (Wildman–Crippen LogP) is 4.86. The molecule has 0 radical (unpaired) electrons. The summed E-state index contributed by atoms with van der Waals surface area (Å²) in [5.74, 6) is -0.0183. The summed E-state index contributed by atoms with van der Waals surface area (Å²) in [7, 11) is 0. The number of nitrogens with one attached hydrogen (secondary N) is 1. The van der Waals surface area contributed by atoms with Crippen LogP contribution in [0.3, 0.4) is 0 Å². The Morgan fingerprint density at radius 3 is 2.03 bits per heavy atom. The second-order valence-corrected chi connectivity index (χ2v) is 7.23. The second-order valence-electron chi connectivity index (χ2n) is 7.23. The van der Waals surface area contributed by atoms with Crippen LogP contribution in [0.1, 0.15) is 26.7 Å². The zero-order valence-electron chi connectivity index (χ0n) is 18.4. The van der Waals surface area contributed by atoms with Crippen LogP contribution < -0.4 is 5.32 Å². The van der Waals surface area contributed by atoms with Crippen molar-refractivity contribution in [1.29, 1.82) is 0 Å². The first-order chi connectivity index (χ1) is 15.0. The molecule has 1 rings (SSSR count). The van der Waals surface area contributed by atoms with E-state index in [1.54, 1.807) is 24.3 Å². The highest BCUT2D eigenvalue weighted by Crippen LogP contribution is 2.05. The molecule has 0 aromatic carbocycles. The summed E-state index contributed by atoms with van der Waals surface area (Å²) in [5.41, 5.74) is 0.987. The van der Waals surface area contributed by atoms with E-state index in [1.165, 1.54) is 12.2 Å². The lowest BCUT2D eigenvalue weighted by Crippen LogP contribution is -2.25. The third-order valence-electron chi connectivity index (χ3n) is 4.19. The summed E-state index contributed by atoms with van der Waals surface area (Å²) in [6.45, 7) is 4.53. The van der Waals surface area contributed by atoms with Gasteiger partial charge in [0, 0.05) is 19.0 Å². The number of carbonyl (C=O) groups excluding carboxylic acids is 2. The molecule has 0 aromatic heterocycles. The first kappa shape index (κ1) is 25.8. The van der Waals surface area contributed by atoms with E-state index >= 15 is 0 Å². The van der Waals surface area contributed by atoms with Gasteiger partial charge >= 0.3 is 0 Å². The fourth-order valence-corrected chi connectivity index (χ4v) is 2.44. The van der Waals surface area contributed by atoms with E-state index < -0.39 is 6.10 Å². The Bertz CT molecular complexity index is 833. The van der Waals surface area contributed by atoms with E-state index in [4.69, 9.17) is 0 Å². The Morgan fingerprint density at radius 2 is 1.35 bits per heavy atom. The molecule has 0 aliphatic carbocycles. The zero-order chi connectivity index (χ0) is 22.7. The molecule has 0 spiro atoms. The van der Waals surface area contributed by atoms with Gasteiger partial charge in [-0.1, -0.05) is 104 Å². The molecule has 0 saturated carbocycles. The molecular formula is C27H33NO3. The number of hydrogen-bond donors (Lipinski definition) is 2. The van der Waals surface area contributed by atoms with Crippen molar-refractivity contribution >= 4 is 11.7 Å². The van der Waals surface area contributed by atoms with Gasteiger partial charge in [-0.3, -0.25) is 9.59 Å². The summed E-state index contributed by atoms with van der Waals surface area (Å²) >= 11 is 0. The Balaban J connectivity index is 2.80. The molecule has 1 heterocycles. The van der Waals surface area contributed by atoms with E-state index in [0.29, 0.717) is 13.0 Å². The quantitative estimate of drug-likeness (QED) is 0.589. The van der Waals surface area contributed by atoms with E-state index in [1.807, 2.05) is 80.7 Å². The van der Waals surface area contributed by atoms with E-state index in [9.17, 15) is 14.7 Å². The molecule has 0 aromatic rings. The number of carbonyl (C=O) groups is 2. The van der Waals surface area contributed by atoms with E-state index in [-0.39, 0.29) is 24.0 Å². The summed E-state index contributed by atoms with van der Waals surface area (Å²) in [5, 5.41) is 12.9. The van der Waals surface area contributed by atoms with Crippen molar-refractivity contribution < 1.29 is 14.7 Å². The van der Waals surface area contributed by atoms with Gasteiger partial charge in [-0.2, -0.15) is 0 Å². The summed E-state index contributed by atoms with van der Waals surface area (Å²) < 4.78 is 0. The third kappa shape index (κ3) is 15.3. The van der Waals surface area contributed by atoms with Gasteiger partial charge in [0.05, 0.1) is 6.10 Å². The van der Waals surface area contributed by atoms with Crippen molar-refractivity contribution in [1.82, 2.24) is 5.32 Å². The van der Waals surface area contributed by atoms with Crippen molar-refractivity contribution in [2.24, 2.45) is 5.92 Å². The molecule has 4 nitrogen and oxygen atoms in total. The minimum Gasteiger partial charge on any atom is -0.392 e. The number of allylic oxidation sites excluding steroid dienone is 15. The maximum atomic E-state index is 11.9. The molecule has 0 fully saturated rings. The van der Waals surface area contributed by atoms with E-state index in [2.05, 4.69) is 5.32 Å². The summed E-state index contributed by atoms with van der Waals surface area (Å²) in [6.07, 6.45) is 30.6. The standard InChI is InChI=1S/C27H33NO3/c1-23-15-11-9-10-14-18-27(31)28-22-24(2)16-12-7-5-3-4-6-8-13-17-25(29)21-26(30)20-19-23/h3-19,24,26,30H,20-22H2,1-2H3,(H,28,31)/b4-3+,7-5+,8-6+,10-9-,15-11+,16-12-,17-13+,18-14+,23-19-/t24-,26+/m0/s1. The van der Waals surface area contributed by atoms with Crippen molar-refractivity contribution in [3.63, 3.8) is 0 Å². The maximum Gasteiger partial charge on any atom is 0.243 e.